The summed E-state index contributed by atoms with van der Waals surface area (Å²) in [6.45, 7) is 0.0357. The Bertz CT molecular complexity index is 1480. The maximum atomic E-state index is 13.9. The van der Waals surface area contributed by atoms with E-state index in [2.05, 4.69) is 15.6 Å². The second-order valence-corrected chi connectivity index (χ2v) is 8.47. The number of halogens is 1. The number of anilines is 1. The molecule has 0 fully saturated rings. The Balaban J connectivity index is 1.55. The molecule has 0 aliphatic rings. The molecule has 0 spiro atoms. The normalized spacial score (nSPS) is 11.8. The van der Waals surface area contributed by atoms with Gasteiger partial charge in [0.15, 0.2) is 0 Å². The molecule has 180 valence electrons. The molecular formula is C27H22ClN5O3. The summed E-state index contributed by atoms with van der Waals surface area (Å²) in [5, 5.41) is 11.5. The van der Waals surface area contributed by atoms with Crippen LogP contribution in [0.1, 0.15) is 17.4 Å². The van der Waals surface area contributed by atoms with Crippen molar-refractivity contribution in [2.24, 2.45) is 0 Å². The molecule has 1 N–H and O–H groups in total. The van der Waals surface area contributed by atoms with E-state index in [-0.39, 0.29) is 24.9 Å². The second-order valence-electron chi connectivity index (χ2n) is 8.06. The van der Waals surface area contributed by atoms with Gasteiger partial charge in [0.1, 0.15) is 23.9 Å². The van der Waals surface area contributed by atoms with Gasteiger partial charge in [0.05, 0.1) is 29.0 Å². The van der Waals surface area contributed by atoms with E-state index >= 15 is 0 Å². The summed E-state index contributed by atoms with van der Waals surface area (Å²) in [5.74, 6) is -0.157. The van der Waals surface area contributed by atoms with E-state index in [1.165, 1.54) is 15.8 Å². The van der Waals surface area contributed by atoms with Gasteiger partial charge >= 0.3 is 0 Å². The quantitative estimate of drug-likeness (QED) is 0.332. The number of hydrogen-bond acceptors (Lipinski definition) is 5. The van der Waals surface area contributed by atoms with Crippen LogP contribution in [0.2, 0.25) is 5.02 Å². The first-order valence-electron chi connectivity index (χ1n) is 11.3. The fraction of sp³-hybridized carbons (Fsp3) is 0.111. The lowest BCUT2D eigenvalue weighted by atomic mass is 10.0. The van der Waals surface area contributed by atoms with Crippen molar-refractivity contribution in [2.45, 2.75) is 19.1 Å². The summed E-state index contributed by atoms with van der Waals surface area (Å²) in [6.07, 6.45) is 1.54. The molecule has 5 aromatic rings. The Morgan fingerprint density at radius 1 is 0.944 bits per heavy atom. The van der Waals surface area contributed by atoms with Crippen molar-refractivity contribution in [1.29, 1.82) is 0 Å². The lowest BCUT2D eigenvalue weighted by molar-refractivity contribution is -0.127. The first-order valence-corrected chi connectivity index (χ1v) is 11.7. The molecule has 0 radical (unpaired) electrons. The van der Waals surface area contributed by atoms with Gasteiger partial charge in [0.25, 0.3) is 0 Å². The Hall–Kier alpha value is -4.43. The Labute approximate surface area is 212 Å². The SMILES string of the molecule is O=C(NCc1ccco1)[C@H](c1ccccc1)N(C(=O)Cn1nnc2ccccc21)c1ccccc1Cl. The molecule has 1 atom stereocenters. The van der Waals surface area contributed by atoms with Gasteiger partial charge in [-0.25, -0.2) is 4.68 Å². The molecule has 3 aromatic carbocycles. The van der Waals surface area contributed by atoms with Gasteiger partial charge in [-0.3, -0.25) is 14.5 Å². The number of carbonyl (C=O) groups is 2. The number of nitrogens with one attached hydrogen (secondary N) is 1. The van der Waals surface area contributed by atoms with E-state index in [0.29, 0.717) is 33.1 Å². The number of nitrogens with zero attached hydrogens (tertiary/aromatic N) is 4. The third-order valence-corrected chi connectivity index (χ3v) is 6.04. The van der Waals surface area contributed by atoms with Crippen LogP contribution in [0, 0.1) is 0 Å². The minimum Gasteiger partial charge on any atom is -0.467 e. The van der Waals surface area contributed by atoms with E-state index in [4.69, 9.17) is 16.0 Å². The van der Waals surface area contributed by atoms with Crippen LogP contribution in [-0.4, -0.2) is 26.8 Å². The van der Waals surface area contributed by atoms with Crippen molar-refractivity contribution in [3.05, 3.63) is 114 Å². The third kappa shape index (κ3) is 4.85. The highest BCUT2D eigenvalue weighted by Gasteiger charge is 2.34. The van der Waals surface area contributed by atoms with Gasteiger partial charge < -0.3 is 9.73 Å². The van der Waals surface area contributed by atoms with E-state index in [0.717, 1.165) is 0 Å². The molecule has 2 heterocycles. The van der Waals surface area contributed by atoms with Crippen LogP contribution >= 0.6 is 11.6 Å². The van der Waals surface area contributed by atoms with Crippen molar-refractivity contribution in [1.82, 2.24) is 20.3 Å². The van der Waals surface area contributed by atoms with Gasteiger partial charge in [-0.05, 0) is 42.0 Å². The van der Waals surface area contributed by atoms with Crippen LogP contribution < -0.4 is 10.2 Å². The second kappa shape index (κ2) is 10.5. The standard InChI is InChI=1S/C27H22ClN5O3/c28-21-12-4-6-14-23(21)33(25(34)18-32-24-15-7-5-13-22(24)30-31-32)26(19-9-2-1-3-10-19)27(35)29-17-20-11-8-16-36-20/h1-16,26H,17-18H2,(H,29,35)/t26-/m0/s1. The molecule has 0 saturated heterocycles. The summed E-state index contributed by atoms with van der Waals surface area (Å²) >= 11 is 6.56. The monoisotopic (exact) mass is 499 g/mol. The van der Waals surface area contributed by atoms with Crippen LogP contribution in [0.5, 0.6) is 0 Å². The molecule has 0 bridgehead atoms. The maximum absolute atomic E-state index is 13.9. The smallest absolute Gasteiger partial charge is 0.249 e. The van der Waals surface area contributed by atoms with Crippen LogP contribution in [0.15, 0.2) is 102 Å². The molecule has 5 rings (SSSR count). The van der Waals surface area contributed by atoms with Gasteiger partial charge in [-0.15, -0.1) is 5.10 Å². The first kappa shape index (κ1) is 23.3. The van der Waals surface area contributed by atoms with Crippen molar-refractivity contribution < 1.29 is 14.0 Å². The number of para-hydroxylation sites is 2. The average Bonchev–Trinajstić information content (AvgIpc) is 3.57. The van der Waals surface area contributed by atoms with Gasteiger partial charge in [-0.2, -0.15) is 0 Å². The van der Waals surface area contributed by atoms with Crippen LogP contribution in [0.3, 0.4) is 0 Å². The Morgan fingerprint density at radius 3 is 2.47 bits per heavy atom. The molecule has 0 aliphatic heterocycles. The van der Waals surface area contributed by atoms with Gasteiger partial charge in [-0.1, -0.05) is 71.4 Å². The number of fused-ring (bicyclic) bond motifs is 1. The minimum absolute atomic E-state index is 0.138. The third-order valence-electron chi connectivity index (χ3n) is 5.72. The van der Waals surface area contributed by atoms with Crippen molar-refractivity contribution in [3.63, 3.8) is 0 Å². The molecule has 0 aliphatic carbocycles. The number of carbonyl (C=O) groups excluding carboxylic acids is 2. The molecule has 2 aromatic heterocycles. The minimum atomic E-state index is -0.997. The predicted molar refractivity (Wildman–Crippen MR) is 136 cm³/mol. The Morgan fingerprint density at radius 2 is 1.69 bits per heavy atom. The maximum Gasteiger partial charge on any atom is 0.249 e. The topological polar surface area (TPSA) is 93.3 Å². The molecule has 2 amide bonds. The molecule has 36 heavy (non-hydrogen) atoms. The van der Waals surface area contributed by atoms with Crippen LogP contribution in [0.25, 0.3) is 11.0 Å². The lowest BCUT2D eigenvalue weighted by Crippen LogP contribution is -2.45. The fourth-order valence-electron chi connectivity index (χ4n) is 4.04. The van der Waals surface area contributed by atoms with Crippen molar-refractivity contribution >= 4 is 40.1 Å². The average molecular weight is 500 g/mol. The Kier molecular flexibility index (Phi) is 6.77. The summed E-state index contributed by atoms with van der Waals surface area (Å²) in [4.78, 5) is 29.0. The zero-order chi connectivity index (χ0) is 24.9. The fourth-order valence-corrected chi connectivity index (χ4v) is 4.27. The highest BCUT2D eigenvalue weighted by atomic mass is 35.5. The first-order chi connectivity index (χ1) is 17.6. The van der Waals surface area contributed by atoms with E-state index < -0.39 is 6.04 Å². The van der Waals surface area contributed by atoms with Crippen molar-refractivity contribution in [3.8, 4) is 0 Å². The van der Waals surface area contributed by atoms with Crippen LogP contribution in [0.4, 0.5) is 5.69 Å². The van der Waals surface area contributed by atoms with E-state index in [1.54, 1.807) is 48.5 Å². The summed E-state index contributed by atoms with van der Waals surface area (Å²) in [7, 11) is 0. The van der Waals surface area contributed by atoms with Gasteiger partial charge in [0, 0.05) is 0 Å². The molecule has 8 nitrogen and oxygen atoms in total. The molecule has 0 unspecified atom stereocenters. The van der Waals surface area contributed by atoms with E-state index in [1.807, 2.05) is 42.5 Å². The largest absolute Gasteiger partial charge is 0.467 e. The number of aromatic nitrogens is 3. The number of furan rings is 1. The zero-order valence-electron chi connectivity index (χ0n) is 19.1. The summed E-state index contributed by atoms with van der Waals surface area (Å²) in [5.41, 5.74) is 2.43. The lowest BCUT2D eigenvalue weighted by Gasteiger charge is -2.32. The summed E-state index contributed by atoms with van der Waals surface area (Å²) in [6, 6.07) is 25.9. The molecular weight excluding hydrogens is 478 g/mol. The van der Waals surface area contributed by atoms with Crippen molar-refractivity contribution in [2.75, 3.05) is 4.90 Å². The number of benzene rings is 3. The molecule has 9 heteroatoms. The highest BCUT2D eigenvalue weighted by molar-refractivity contribution is 6.34. The molecule has 0 saturated carbocycles. The highest BCUT2D eigenvalue weighted by Crippen LogP contribution is 2.33. The number of hydrogen-bond donors (Lipinski definition) is 1. The van der Waals surface area contributed by atoms with Gasteiger partial charge in [0.2, 0.25) is 11.8 Å². The number of rotatable bonds is 8. The number of amides is 2. The summed E-state index contributed by atoms with van der Waals surface area (Å²) < 4.78 is 6.88. The van der Waals surface area contributed by atoms with E-state index in [9.17, 15) is 9.59 Å². The zero-order valence-corrected chi connectivity index (χ0v) is 19.9. The van der Waals surface area contributed by atoms with Crippen LogP contribution in [-0.2, 0) is 22.7 Å². The predicted octanol–water partition coefficient (Wildman–Crippen LogP) is 4.77.